The number of anilines is 1. The molecular formula is C21H16N2O3S2. The number of rotatable bonds is 8. The number of thioether (sulfide) groups is 1. The van der Waals surface area contributed by atoms with E-state index in [0.717, 1.165) is 16.6 Å². The van der Waals surface area contributed by atoms with Gasteiger partial charge in [0.2, 0.25) is 0 Å². The number of thiocyanates is 1. The SMILES string of the molecule is N#CSC(C(=O)c1ccccc1)C(Nc1ccccc1C(=O)O)c1cccs1. The van der Waals surface area contributed by atoms with Gasteiger partial charge in [-0.3, -0.25) is 4.79 Å². The maximum Gasteiger partial charge on any atom is 0.337 e. The number of ketones is 1. The number of nitrogens with zero attached hydrogens (tertiary/aromatic N) is 1. The van der Waals surface area contributed by atoms with E-state index in [1.165, 1.54) is 17.4 Å². The van der Waals surface area contributed by atoms with Crippen molar-refractivity contribution in [3.05, 3.63) is 88.1 Å². The lowest BCUT2D eigenvalue weighted by atomic mass is 10.0. The third-order valence-electron chi connectivity index (χ3n) is 4.12. The third-order valence-corrected chi connectivity index (χ3v) is 5.92. The van der Waals surface area contributed by atoms with E-state index >= 15 is 0 Å². The van der Waals surface area contributed by atoms with Crippen LogP contribution in [0.25, 0.3) is 0 Å². The van der Waals surface area contributed by atoms with E-state index < -0.39 is 17.3 Å². The number of Topliss-reactive ketones (excluding diaryl/α,β-unsaturated/α-hetero) is 1. The van der Waals surface area contributed by atoms with E-state index in [2.05, 4.69) is 5.32 Å². The Labute approximate surface area is 170 Å². The van der Waals surface area contributed by atoms with Crippen molar-refractivity contribution in [2.45, 2.75) is 11.3 Å². The fourth-order valence-corrected chi connectivity index (χ4v) is 4.43. The normalized spacial score (nSPS) is 12.5. The molecule has 0 spiro atoms. The minimum absolute atomic E-state index is 0.108. The van der Waals surface area contributed by atoms with E-state index in [-0.39, 0.29) is 11.3 Å². The van der Waals surface area contributed by atoms with Crippen LogP contribution >= 0.6 is 23.1 Å². The van der Waals surface area contributed by atoms with Gasteiger partial charge < -0.3 is 10.4 Å². The lowest BCUT2D eigenvalue weighted by Crippen LogP contribution is -2.30. The van der Waals surface area contributed by atoms with Crippen molar-refractivity contribution in [2.24, 2.45) is 0 Å². The first-order chi connectivity index (χ1) is 13.6. The van der Waals surface area contributed by atoms with Gasteiger partial charge in [-0.05, 0) is 35.3 Å². The topological polar surface area (TPSA) is 90.2 Å². The van der Waals surface area contributed by atoms with Crippen LogP contribution in [0.5, 0.6) is 0 Å². The summed E-state index contributed by atoms with van der Waals surface area (Å²) in [4.78, 5) is 25.6. The maximum atomic E-state index is 13.2. The summed E-state index contributed by atoms with van der Waals surface area (Å²) in [6.07, 6.45) is 0. The number of nitriles is 1. The molecule has 0 aliphatic heterocycles. The van der Waals surface area contributed by atoms with Gasteiger partial charge in [0.1, 0.15) is 10.7 Å². The summed E-state index contributed by atoms with van der Waals surface area (Å²) < 4.78 is 0. The Kier molecular flexibility index (Phi) is 6.48. The Hall–Kier alpha value is -3.08. The number of nitrogens with one attached hydrogen (secondary N) is 1. The van der Waals surface area contributed by atoms with Gasteiger partial charge in [-0.1, -0.05) is 48.5 Å². The number of aromatic carboxylic acids is 1. The second-order valence-electron chi connectivity index (χ2n) is 5.85. The molecule has 0 amide bonds. The first-order valence-corrected chi connectivity index (χ1v) is 10.1. The number of benzene rings is 2. The van der Waals surface area contributed by atoms with Crippen LogP contribution in [0.4, 0.5) is 5.69 Å². The molecule has 3 aromatic rings. The van der Waals surface area contributed by atoms with E-state index in [9.17, 15) is 20.0 Å². The molecule has 7 heteroatoms. The van der Waals surface area contributed by atoms with Crippen molar-refractivity contribution < 1.29 is 14.7 Å². The predicted molar refractivity (Wildman–Crippen MR) is 112 cm³/mol. The molecule has 0 saturated heterocycles. The Morgan fingerprint density at radius 3 is 2.39 bits per heavy atom. The number of carboxylic acid groups (broad SMARTS) is 1. The van der Waals surface area contributed by atoms with Gasteiger partial charge in [0.05, 0.1) is 11.6 Å². The summed E-state index contributed by atoms with van der Waals surface area (Å²) in [6, 6.07) is 18.5. The minimum atomic E-state index is -1.06. The van der Waals surface area contributed by atoms with E-state index in [1.807, 2.05) is 29.0 Å². The quantitative estimate of drug-likeness (QED) is 0.400. The number of carbonyl (C=O) groups is 2. The highest BCUT2D eigenvalue weighted by Crippen LogP contribution is 2.35. The average Bonchev–Trinajstić information content (AvgIpc) is 3.25. The standard InChI is InChI=1S/C21H16N2O3S2/c22-13-28-20(19(24)14-7-2-1-3-8-14)18(17-11-6-12-27-17)23-16-10-5-4-9-15(16)21(25)26/h1-12,18,20,23H,(H,25,26). The van der Waals surface area contributed by atoms with Gasteiger partial charge in [0.25, 0.3) is 0 Å². The van der Waals surface area contributed by atoms with Crippen molar-refractivity contribution in [1.82, 2.24) is 0 Å². The highest BCUT2D eigenvalue weighted by Gasteiger charge is 2.32. The maximum absolute atomic E-state index is 13.2. The van der Waals surface area contributed by atoms with Crippen LogP contribution in [-0.4, -0.2) is 22.1 Å². The van der Waals surface area contributed by atoms with Gasteiger partial charge in [0, 0.05) is 16.1 Å². The molecule has 0 radical (unpaired) electrons. The van der Waals surface area contributed by atoms with Crippen LogP contribution in [0.3, 0.4) is 0 Å². The van der Waals surface area contributed by atoms with Crippen molar-refractivity contribution in [3.8, 4) is 5.40 Å². The zero-order valence-corrected chi connectivity index (χ0v) is 16.2. The molecule has 28 heavy (non-hydrogen) atoms. The highest BCUT2D eigenvalue weighted by molar-refractivity contribution is 8.05. The second kappa shape index (κ2) is 9.22. The molecule has 2 N–H and O–H groups in total. The second-order valence-corrected chi connectivity index (χ2v) is 7.75. The van der Waals surface area contributed by atoms with Gasteiger partial charge >= 0.3 is 5.97 Å². The molecule has 0 bridgehead atoms. The van der Waals surface area contributed by atoms with Crippen LogP contribution in [-0.2, 0) is 0 Å². The summed E-state index contributed by atoms with van der Waals surface area (Å²) >= 11 is 2.32. The molecular weight excluding hydrogens is 392 g/mol. The lowest BCUT2D eigenvalue weighted by molar-refractivity contribution is 0.0697. The fraction of sp³-hybridized carbons (Fsp3) is 0.0952. The van der Waals surface area contributed by atoms with Gasteiger partial charge in [-0.2, -0.15) is 5.26 Å². The molecule has 1 heterocycles. The largest absolute Gasteiger partial charge is 0.478 e. The summed E-state index contributed by atoms with van der Waals surface area (Å²) in [6.45, 7) is 0. The highest BCUT2D eigenvalue weighted by atomic mass is 32.2. The van der Waals surface area contributed by atoms with Crippen molar-refractivity contribution >= 4 is 40.5 Å². The molecule has 0 aliphatic carbocycles. The Morgan fingerprint density at radius 2 is 1.75 bits per heavy atom. The first-order valence-electron chi connectivity index (χ1n) is 8.38. The van der Waals surface area contributed by atoms with Crippen LogP contribution in [0.1, 0.15) is 31.6 Å². The number of para-hydroxylation sites is 1. The molecule has 3 rings (SSSR count). The average molecular weight is 409 g/mol. The Morgan fingerprint density at radius 1 is 1.04 bits per heavy atom. The molecule has 0 saturated carbocycles. The molecule has 140 valence electrons. The summed E-state index contributed by atoms with van der Waals surface area (Å²) in [5.74, 6) is -1.25. The van der Waals surface area contributed by atoms with Crippen molar-refractivity contribution in [1.29, 1.82) is 5.26 Å². The van der Waals surface area contributed by atoms with Crippen LogP contribution in [0.15, 0.2) is 72.1 Å². The smallest absolute Gasteiger partial charge is 0.337 e. The third kappa shape index (κ3) is 4.42. The molecule has 0 aliphatic rings. The Bertz CT molecular complexity index is 998. The van der Waals surface area contributed by atoms with E-state index in [4.69, 9.17) is 0 Å². The number of hydrogen-bond acceptors (Lipinski definition) is 6. The number of carbonyl (C=O) groups excluding carboxylic acids is 1. The van der Waals surface area contributed by atoms with Gasteiger partial charge in [-0.15, -0.1) is 11.3 Å². The zero-order chi connectivity index (χ0) is 19.9. The summed E-state index contributed by atoms with van der Waals surface area (Å²) in [7, 11) is 0. The molecule has 2 aromatic carbocycles. The first kappa shape index (κ1) is 19.7. The number of carboxylic acids is 1. The number of thiophene rings is 1. The summed E-state index contributed by atoms with van der Waals surface area (Å²) in [5, 5.41) is 25.2. The molecule has 2 unspecified atom stereocenters. The molecule has 2 atom stereocenters. The van der Waals surface area contributed by atoms with Gasteiger partial charge in [-0.25, -0.2) is 4.79 Å². The van der Waals surface area contributed by atoms with Crippen molar-refractivity contribution in [2.75, 3.05) is 5.32 Å². The van der Waals surface area contributed by atoms with E-state index in [1.54, 1.807) is 42.5 Å². The Balaban J connectivity index is 2.03. The number of hydrogen-bond donors (Lipinski definition) is 2. The molecule has 0 fully saturated rings. The molecule has 5 nitrogen and oxygen atoms in total. The zero-order valence-electron chi connectivity index (χ0n) is 14.6. The minimum Gasteiger partial charge on any atom is -0.478 e. The van der Waals surface area contributed by atoms with Crippen LogP contribution < -0.4 is 5.32 Å². The predicted octanol–water partition coefficient (Wildman–Crippen LogP) is 5.07. The van der Waals surface area contributed by atoms with Crippen LogP contribution in [0, 0.1) is 10.7 Å². The monoisotopic (exact) mass is 408 g/mol. The fourth-order valence-electron chi connectivity index (χ4n) is 2.82. The summed E-state index contributed by atoms with van der Waals surface area (Å²) in [5.41, 5.74) is 1.01. The van der Waals surface area contributed by atoms with E-state index in [0.29, 0.717) is 11.3 Å². The van der Waals surface area contributed by atoms with Gasteiger partial charge in [0.15, 0.2) is 5.78 Å². The lowest BCUT2D eigenvalue weighted by Gasteiger charge is -2.26. The van der Waals surface area contributed by atoms with Crippen LogP contribution in [0.2, 0.25) is 0 Å². The van der Waals surface area contributed by atoms with Crippen molar-refractivity contribution in [3.63, 3.8) is 0 Å². The molecule has 1 aromatic heterocycles.